The van der Waals surface area contributed by atoms with E-state index in [0.717, 1.165) is 44.4 Å². The highest BCUT2D eigenvalue weighted by Crippen LogP contribution is 2.18. The molecule has 107 heavy (non-hydrogen) atoms. The Morgan fingerprint density at radius 3 is 0.430 bits per heavy atom. The molecule has 0 rings (SSSR count). The van der Waals surface area contributed by atoms with Gasteiger partial charge in [0.25, 0.3) is 0 Å². The van der Waals surface area contributed by atoms with Gasteiger partial charge in [-0.25, -0.2) is 28.8 Å². The Balaban J connectivity index is -0.000000292. The van der Waals surface area contributed by atoms with Gasteiger partial charge in [-0.05, 0) is 79.6 Å². The van der Waals surface area contributed by atoms with E-state index in [1.54, 1.807) is 41.5 Å². The molecule has 0 aromatic rings. The quantitative estimate of drug-likeness (QED) is 0.0246. The largest absolute Gasteiger partial charge is 0.466 e. The Labute approximate surface area is 664 Å². The van der Waals surface area contributed by atoms with Crippen molar-refractivity contribution in [1.82, 2.24) is 0 Å². The Bertz CT molecular complexity index is 2070. The summed E-state index contributed by atoms with van der Waals surface area (Å²) in [6.45, 7) is 47.5. The normalized spacial score (nSPS) is 10.4. The lowest BCUT2D eigenvalue weighted by molar-refractivity contribution is -0.139. The van der Waals surface area contributed by atoms with E-state index >= 15 is 0 Å². The topological polar surface area (TPSA) is 158 Å². The average molecular weight is 1510 g/mol. The molecule has 0 aliphatic carbocycles. The van der Waals surface area contributed by atoms with Crippen LogP contribution in [0.15, 0.2) is 72.9 Å². The van der Waals surface area contributed by atoms with Crippen molar-refractivity contribution >= 4 is 35.8 Å². The van der Waals surface area contributed by atoms with Crippen LogP contribution in [-0.2, 0) is 57.2 Å². The van der Waals surface area contributed by atoms with Gasteiger partial charge in [0.05, 0.1) is 40.1 Å². The summed E-state index contributed by atoms with van der Waals surface area (Å²) in [4.78, 5) is 65.8. The first-order chi connectivity index (χ1) is 51.4. The van der Waals surface area contributed by atoms with Crippen LogP contribution in [0.2, 0.25) is 0 Å². The Morgan fingerprint density at radius 2 is 0.327 bits per heavy atom. The first-order valence-corrected chi connectivity index (χ1v) is 44.3. The highest BCUT2D eigenvalue weighted by molar-refractivity contribution is 5.88. The van der Waals surface area contributed by atoms with E-state index in [-0.39, 0.29) is 35.8 Å². The maximum atomic E-state index is 11.2. The molecule has 0 aromatic carbocycles. The minimum atomic E-state index is -0.347. The Hall–Kier alpha value is -4.74. The number of ether oxygens (including phenoxy) is 6. The summed E-state index contributed by atoms with van der Waals surface area (Å²) in [5, 5.41) is 0. The minimum Gasteiger partial charge on any atom is -0.466 e. The van der Waals surface area contributed by atoms with Crippen LogP contribution in [0.5, 0.6) is 0 Å². The van der Waals surface area contributed by atoms with Crippen molar-refractivity contribution in [3.8, 4) is 0 Å². The van der Waals surface area contributed by atoms with Gasteiger partial charge in [-0.3, -0.25) is 0 Å². The number of unbranched alkanes of at least 4 members (excludes halogenated alkanes) is 52. The highest BCUT2D eigenvalue weighted by atomic mass is 16.5. The predicted molar refractivity (Wildman–Crippen MR) is 461 cm³/mol. The molecule has 12 heteroatoms. The Morgan fingerprint density at radius 1 is 0.206 bits per heavy atom. The van der Waals surface area contributed by atoms with E-state index in [0.29, 0.717) is 66.5 Å². The molecule has 0 bridgehead atoms. The molecule has 0 radical (unpaired) electrons. The zero-order chi connectivity index (χ0) is 81.3. The van der Waals surface area contributed by atoms with Crippen LogP contribution in [0.4, 0.5) is 0 Å². The second-order valence-corrected chi connectivity index (χ2v) is 30.8. The van der Waals surface area contributed by atoms with Gasteiger partial charge < -0.3 is 28.4 Å². The molecule has 0 heterocycles. The fraction of sp³-hybridized carbons (Fsp3) is 0.811. The molecule has 630 valence electrons. The van der Waals surface area contributed by atoms with Gasteiger partial charge in [0, 0.05) is 33.4 Å². The molecule has 0 saturated heterocycles. The van der Waals surface area contributed by atoms with E-state index in [4.69, 9.17) is 23.7 Å². The maximum absolute atomic E-state index is 11.2. The van der Waals surface area contributed by atoms with Gasteiger partial charge in [-0.2, -0.15) is 0 Å². The number of esters is 6. The van der Waals surface area contributed by atoms with E-state index in [2.05, 4.69) is 85.8 Å². The Kier molecular flexibility index (Phi) is 101. The van der Waals surface area contributed by atoms with E-state index in [9.17, 15) is 28.8 Å². The molecule has 0 N–H and O–H groups in total. The number of hydrogen-bond donors (Lipinski definition) is 0. The summed E-state index contributed by atoms with van der Waals surface area (Å²) in [6, 6.07) is 0. The van der Waals surface area contributed by atoms with Gasteiger partial charge >= 0.3 is 35.8 Å². The lowest BCUT2D eigenvalue weighted by Crippen LogP contribution is -2.05. The van der Waals surface area contributed by atoms with Gasteiger partial charge in [0.15, 0.2) is 0 Å². The molecule has 0 fully saturated rings. The van der Waals surface area contributed by atoms with Gasteiger partial charge in [-0.15, -0.1) is 0 Å². The second-order valence-electron chi connectivity index (χ2n) is 30.8. The van der Waals surface area contributed by atoms with Crippen LogP contribution >= 0.6 is 0 Å². The fourth-order valence-electron chi connectivity index (χ4n) is 11.3. The zero-order valence-corrected chi connectivity index (χ0v) is 73.3. The van der Waals surface area contributed by atoms with Crippen molar-refractivity contribution < 1.29 is 57.2 Å². The SMILES string of the molecule is C=C(C)C(=O)OC.C=C(C)C(=O)OCCCCCCCC(C)C.C=C(C)C(=O)OCCCCCCCCCCCC.C=C(C)C(=O)OCCCCCCCCCCCCCC.C=C(C)C(=O)OCCCCCCCCCCCCCCCC.C=C(C)C(=O)OCCCCCCCCCCCCCCCCCC. The van der Waals surface area contributed by atoms with Crippen molar-refractivity contribution in [1.29, 1.82) is 0 Å². The molecular formula is C95H178O12. The monoisotopic (exact) mass is 1510 g/mol. The summed E-state index contributed by atoms with van der Waals surface area (Å²) in [7, 11) is 1.33. The molecule has 0 spiro atoms. The van der Waals surface area contributed by atoms with Crippen molar-refractivity contribution in [3.05, 3.63) is 72.9 Å². The van der Waals surface area contributed by atoms with E-state index in [1.807, 2.05) is 0 Å². The maximum Gasteiger partial charge on any atom is 0.333 e. The third kappa shape index (κ3) is 108. The fourth-order valence-corrected chi connectivity index (χ4v) is 11.3. The molecule has 0 aromatic heterocycles. The number of hydrogen-bond acceptors (Lipinski definition) is 12. The first kappa shape index (κ1) is 113. The highest BCUT2D eigenvalue weighted by Gasteiger charge is 2.07. The van der Waals surface area contributed by atoms with Crippen LogP contribution in [0.25, 0.3) is 0 Å². The molecule has 0 aliphatic heterocycles. The first-order valence-electron chi connectivity index (χ1n) is 44.3. The second kappa shape index (κ2) is 95.5. The number of carbonyl (C=O) groups excluding carboxylic acids is 6. The van der Waals surface area contributed by atoms with Crippen molar-refractivity contribution in [2.75, 3.05) is 40.1 Å². The van der Waals surface area contributed by atoms with Gasteiger partial charge in [0.2, 0.25) is 0 Å². The zero-order valence-electron chi connectivity index (χ0n) is 73.3. The lowest BCUT2D eigenvalue weighted by Gasteiger charge is -2.05. The van der Waals surface area contributed by atoms with Crippen molar-refractivity contribution in [3.63, 3.8) is 0 Å². The number of carbonyl (C=O) groups is 6. The summed E-state index contributed by atoms with van der Waals surface area (Å²) >= 11 is 0. The summed E-state index contributed by atoms with van der Waals surface area (Å²) in [5.74, 6) is -0.819. The van der Waals surface area contributed by atoms with Crippen LogP contribution in [0.1, 0.15) is 455 Å². The van der Waals surface area contributed by atoms with Crippen LogP contribution in [0, 0.1) is 5.92 Å². The molecular weight excluding hydrogens is 1330 g/mol. The molecule has 0 unspecified atom stereocenters. The van der Waals surface area contributed by atoms with Crippen LogP contribution in [-0.4, -0.2) is 76.0 Å². The van der Waals surface area contributed by atoms with E-state index in [1.165, 1.54) is 341 Å². The van der Waals surface area contributed by atoms with Gasteiger partial charge in [-0.1, -0.05) is 421 Å². The summed E-state index contributed by atoms with van der Waals surface area (Å²) < 4.78 is 29.5. The third-order valence-electron chi connectivity index (χ3n) is 18.4. The lowest BCUT2D eigenvalue weighted by atomic mass is 10.0. The smallest absolute Gasteiger partial charge is 0.333 e. The van der Waals surface area contributed by atoms with Crippen molar-refractivity contribution in [2.45, 2.75) is 455 Å². The standard InChI is InChI=1S/C22H42O2.C20H38O2.C18H34O2.C16H30O2.C14H26O2.C5H8O2/c1-4-5-6-7-8-9-10-11-12-13-14-15-16-17-18-19-20-24-22(23)21(2)3;1-4-5-6-7-8-9-10-11-12-13-14-15-16-17-18-22-20(21)19(2)3;1-4-5-6-7-8-9-10-11-12-13-14-15-16-20-18(19)17(2)3;1-4-5-6-7-8-9-10-11-12-13-14-18-16(17)15(2)3;1-12(2)10-8-6-5-7-9-11-16-14(15)13(3)4;1-4(2)5(6)7-3/h2,4-20H2,1,3H3;2,4-18H2,1,3H3;2,4-16H2,1,3H3;2,4-14H2,1,3H3;12H,3,5-11H2,1-2,4H3;1H2,2-3H3. The van der Waals surface area contributed by atoms with Crippen LogP contribution < -0.4 is 0 Å². The molecule has 12 nitrogen and oxygen atoms in total. The minimum absolute atomic E-state index is 0.254. The summed E-state index contributed by atoms with van der Waals surface area (Å²) in [5.41, 5.74) is 2.88. The average Bonchev–Trinajstić information content (AvgIpc) is 1.45. The van der Waals surface area contributed by atoms with Crippen LogP contribution in [0.3, 0.4) is 0 Å². The predicted octanol–water partition coefficient (Wildman–Crippen LogP) is 29.6. The molecule has 0 atom stereocenters. The molecule has 0 saturated carbocycles. The number of methoxy groups -OCH3 is 1. The summed E-state index contributed by atoms with van der Waals surface area (Å²) in [6.07, 6.45) is 76.7. The molecule has 0 aliphatic rings. The van der Waals surface area contributed by atoms with Crippen molar-refractivity contribution in [2.24, 2.45) is 5.92 Å². The third-order valence-corrected chi connectivity index (χ3v) is 18.4. The van der Waals surface area contributed by atoms with Gasteiger partial charge in [0.1, 0.15) is 0 Å². The molecule has 0 amide bonds. The van der Waals surface area contributed by atoms with E-state index < -0.39 is 0 Å². The number of rotatable bonds is 70.